The highest BCUT2D eigenvalue weighted by atomic mass is 31.2. The monoisotopic (exact) mass is 371 g/mol. The molecule has 2 rings (SSSR count). The summed E-state index contributed by atoms with van der Waals surface area (Å²) >= 11 is 0. The fourth-order valence-corrected chi connectivity index (χ4v) is 5.12. The van der Waals surface area contributed by atoms with Crippen LogP contribution in [-0.4, -0.2) is 37.1 Å². The van der Waals surface area contributed by atoms with Crippen LogP contribution in [0.4, 0.5) is 0 Å². The maximum absolute atomic E-state index is 14.3. The number of hydrazine groups is 1. The Hall–Kier alpha value is -2.66. The third-order valence-corrected chi connectivity index (χ3v) is 6.63. The Morgan fingerprint density at radius 3 is 2.04 bits per heavy atom. The van der Waals surface area contributed by atoms with E-state index in [0.717, 1.165) is 0 Å². The molecule has 136 valence electrons. The number of azide groups is 1. The largest absolute Gasteiger partial charge is 0.287 e. The molecule has 9 heteroatoms. The van der Waals surface area contributed by atoms with Gasteiger partial charge >= 0.3 is 0 Å². The lowest BCUT2D eigenvalue weighted by atomic mass is 10.4. The summed E-state index contributed by atoms with van der Waals surface area (Å²) in [6.45, 7) is 0.876. The molecule has 0 spiro atoms. The molecule has 0 N–H and O–H groups in total. The first-order chi connectivity index (χ1) is 12.6. The van der Waals surface area contributed by atoms with E-state index >= 15 is 0 Å². The van der Waals surface area contributed by atoms with Crippen LogP contribution >= 0.6 is 7.29 Å². The zero-order valence-electron chi connectivity index (χ0n) is 14.9. The molecule has 0 aliphatic rings. The van der Waals surface area contributed by atoms with Gasteiger partial charge in [0.05, 0.1) is 7.05 Å². The molecule has 2 aromatic rings. The first kappa shape index (κ1) is 19.7. The normalized spacial score (nSPS) is 11.5. The highest BCUT2D eigenvalue weighted by molar-refractivity contribution is 7.76. The van der Waals surface area contributed by atoms with Gasteiger partial charge in [0.25, 0.3) is 7.29 Å². The summed E-state index contributed by atoms with van der Waals surface area (Å²) in [5.74, 6) is 0. The molecule has 0 atom stereocenters. The van der Waals surface area contributed by atoms with E-state index in [0.29, 0.717) is 30.1 Å². The second-order valence-electron chi connectivity index (χ2n) is 5.49. The molecule has 2 aromatic carbocycles. The summed E-state index contributed by atoms with van der Waals surface area (Å²) < 4.78 is 14.3. The quantitative estimate of drug-likeness (QED) is 0.168. The average molecular weight is 371 g/mol. The summed E-state index contributed by atoms with van der Waals surface area (Å²) in [7, 11) is 0.0707. The molecule has 0 amide bonds. The van der Waals surface area contributed by atoms with Gasteiger partial charge < -0.3 is 0 Å². The third-order valence-electron chi connectivity index (χ3n) is 3.74. The van der Waals surface area contributed by atoms with Crippen molar-refractivity contribution in [1.29, 1.82) is 0 Å². The van der Waals surface area contributed by atoms with Crippen molar-refractivity contribution in [3.05, 3.63) is 71.1 Å². The maximum atomic E-state index is 14.3. The van der Waals surface area contributed by atoms with Crippen LogP contribution in [0.5, 0.6) is 0 Å². The fraction of sp³-hybridized carbons (Fsp3) is 0.294. The predicted molar refractivity (Wildman–Crippen MR) is 104 cm³/mol. The van der Waals surface area contributed by atoms with Crippen molar-refractivity contribution in [1.82, 2.24) is 9.90 Å². The summed E-state index contributed by atoms with van der Waals surface area (Å²) in [5.41, 5.74) is 8.41. The second-order valence-corrected chi connectivity index (χ2v) is 8.04. The molecule has 26 heavy (non-hydrogen) atoms. The van der Waals surface area contributed by atoms with E-state index in [1.807, 2.05) is 60.7 Å². The average Bonchev–Trinajstić information content (AvgIpc) is 2.70. The summed E-state index contributed by atoms with van der Waals surface area (Å²) in [5, 5.41) is 14.7. The van der Waals surface area contributed by atoms with Gasteiger partial charge in [-0.3, -0.25) is 4.57 Å². The Kier molecular flexibility index (Phi) is 7.36. The van der Waals surface area contributed by atoms with Gasteiger partial charge in [0.15, 0.2) is 0 Å². The van der Waals surface area contributed by atoms with Gasteiger partial charge in [0, 0.05) is 35.7 Å². The van der Waals surface area contributed by atoms with Gasteiger partial charge in [0.1, 0.15) is 0 Å². The summed E-state index contributed by atoms with van der Waals surface area (Å²) in [6, 6.07) is 18.5. The summed E-state index contributed by atoms with van der Waals surface area (Å²) in [4.78, 5) is 4.21. The van der Waals surface area contributed by atoms with Crippen molar-refractivity contribution in [3.63, 3.8) is 0 Å². The minimum absolute atomic E-state index is 0.360. The van der Waals surface area contributed by atoms with Crippen LogP contribution in [-0.2, 0) is 4.57 Å². The number of rotatable bonds is 9. The highest BCUT2D eigenvalue weighted by Gasteiger charge is 2.37. The van der Waals surface area contributed by atoms with E-state index in [2.05, 4.69) is 20.4 Å². The fourth-order valence-electron chi connectivity index (χ4n) is 2.54. The molecule has 0 fully saturated rings. The molecule has 8 nitrogen and oxygen atoms in total. The first-order valence-corrected chi connectivity index (χ1v) is 9.84. The minimum atomic E-state index is -3.27. The van der Waals surface area contributed by atoms with Crippen molar-refractivity contribution >= 4 is 17.9 Å². The molecular weight excluding hydrogens is 349 g/mol. The van der Waals surface area contributed by atoms with Crippen LogP contribution in [0.3, 0.4) is 0 Å². The molecule has 0 saturated heterocycles. The molecule has 0 bridgehead atoms. The number of nitrogens with zero attached hydrogens (tertiary/aromatic N) is 7. The number of hydrogen-bond donors (Lipinski definition) is 0. The zero-order chi connectivity index (χ0) is 18.8. The molecule has 0 heterocycles. The molecular formula is C17H22N7OP. The zero-order valence-corrected chi connectivity index (χ0v) is 15.8. The van der Waals surface area contributed by atoms with Crippen LogP contribution in [0.15, 0.2) is 76.1 Å². The van der Waals surface area contributed by atoms with E-state index in [4.69, 9.17) is 5.53 Å². The second kappa shape index (κ2) is 9.73. The molecule has 0 aliphatic carbocycles. The Balaban J connectivity index is 2.47. The van der Waals surface area contributed by atoms with E-state index < -0.39 is 7.29 Å². The number of hydrogen-bond acceptors (Lipinski definition) is 5. The predicted octanol–water partition coefficient (Wildman–Crippen LogP) is 3.76. The molecule has 0 aromatic heterocycles. The van der Waals surface area contributed by atoms with Crippen LogP contribution in [0.2, 0.25) is 0 Å². The van der Waals surface area contributed by atoms with Crippen molar-refractivity contribution < 1.29 is 4.57 Å². The van der Waals surface area contributed by atoms with Gasteiger partial charge in [-0.2, -0.15) is 10.1 Å². The van der Waals surface area contributed by atoms with Gasteiger partial charge in [-0.1, -0.05) is 46.7 Å². The summed E-state index contributed by atoms with van der Waals surface area (Å²) in [6.07, 6.45) is 0.611. The van der Waals surface area contributed by atoms with Gasteiger partial charge in [-0.15, -0.1) is 4.89 Å². The van der Waals surface area contributed by atoms with Gasteiger partial charge in [-0.25, -0.2) is 0 Å². The molecule has 0 saturated carbocycles. The highest BCUT2D eigenvalue weighted by Crippen LogP contribution is 2.48. The number of benzene rings is 2. The Morgan fingerprint density at radius 1 is 1.04 bits per heavy atom. The van der Waals surface area contributed by atoms with Gasteiger partial charge in [-0.05, 0) is 36.2 Å². The van der Waals surface area contributed by atoms with Crippen LogP contribution in [0, 0.1) is 0 Å². The Bertz CT molecular complexity index is 763. The molecule has 0 aliphatic heterocycles. The van der Waals surface area contributed by atoms with Crippen molar-refractivity contribution in [2.45, 2.75) is 6.42 Å². The first-order valence-electron chi connectivity index (χ1n) is 8.18. The molecule has 0 unspecified atom stereocenters. The van der Waals surface area contributed by atoms with Crippen molar-refractivity contribution in [2.24, 2.45) is 15.5 Å². The van der Waals surface area contributed by atoms with Crippen molar-refractivity contribution in [2.75, 3.05) is 27.2 Å². The van der Waals surface area contributed by atoms with Crippen LogP contribution in [0.25, 0.3) is 10.4 Å². The van der Waals surface area contributed by atoms with E-state index in [1.165, 1.54) is 4.89 Å². The Labute approximate surface area is 153 Å². The third kappa shape index (κ3) is 4.49. The van der Waals surface area contributed by atoms with Crippen LogP contribution in [0.1, 0.15) is 6.42 Å². The standard InChI is InChI=1S/C17H22N7OP/c1-19-22-24(23(2)15-9-14-20-21-18)26(25,16-10-5-3-6-11-16)17-12-7-4-8-13-17/h3-8,10-13H,9,14-15H2,1-2H3/b22-19+. The van der Waals surface area contributed by atoms with E-state index in [1.54, 1.807) is 19.1 Å². The Morgan fingerprint density at radius 2 is 1.58 bits per heavy atom. The topological polar surface area (TPSA) is 97.0 Å². The lowest BCUT2D eigenvalue weighted by Gasteiger charge is -2.35. The van der Waals surface area contributed by atoms with Crippen molar-refractivity contribution in [3.8, 4) is 0 Å². The lowest BCUT2D eigenvalue weighted by Crippen LogP contribution is -2.40. The van der Waals surface area contributed by atoms with E-state index in [-0.39, 0.29) is 0 Å². The SMILES string of the molecule is C/N=N/N(N(C)CCCN=[N+]=[N-])P(=O)(c1ccccc1)c1ccccc1. The molecule has 0 radical (unpaired) electrons. The lowest BCUT2D eigenvalue weighted by molar-refractivity contribution is 0.0860. The maximum Gasteiger partial charge on any atom is 0.260 e. The smallest absolute Gasteiger partial charge is 0.260 e. The van der Waals surface area contributed by atoms with Crippen LogP contribution < -0.4 is 10.6 Å². The van der Waals surface area contributed by atoms with Gasteiger partial charge in [0.2, 0.25) is 0 Å². The van der Waals surface area contributed by atoms with E-state index in [9.17, 15) is 4.57 Å². The minimum Gasteiger partial charge on any atom is -0.287 e.